The Kier molecular flexibility index (Phi) is 6.06. The average Bonchev–Trinajstić information content (AvgIpc) is 2.59. The van der Waals surface area contributed by atoms with E-state index >= 15 is 0 Å². The van der Waals surface area contributed by atoms with E-state index < -0.39 is 31.6 Å². The van der Waals surface area contributed by atoms with Gasteiger partial charge >= 0.3 is 5.97 Å². The Morgan fingerprint density at radius 1 is 1.25 bits per heavy atom. The summed E-state index contributed by atoms with van der Waals surface area (Å²) in [5, 5.41) is 0. The van der Waals surface area contributed by atoms with Crippen LogP contribution in [-0.2, 0) is 18.6 Å². The fraction of sp³-hybridized carbons (Fsp3) is 0.250. The number of halogens is 1. The number of carbonyl (C=O) groups is 1. The number of carbonyl (C=O) groups excluding carboxylic acids is 1. The normalized spacial score (nSPS) is 14.5. The number of benzene rings is 1. The Morgan fingerprint density at radius 2 is 1.96 bits per heavy atom. The Labute approximate surface area is 139 Å². The predicted molar refractivity (Wildman–Crippen MR) is 85.5 cm³/mol. The van der Waals surface area contributed by atoms with Gasteiger partial charge in [-0.05, 0) is 24.3 Å². The van der Waals surface area contributed by atoms with Gasteiger partial charge < -0.3 is 14.0 Å². The molecule has 0 saturated heterocycles. The maximum Gasteiger partial charge on any atom is 0.345 e. The number of hydrogen-bond donors (Lipinski definition) is 0. The number of esters is 1. The predicted octanol–water partition coefficient (Wildman–Crippen LogP) is 3.40. The van der Waals surface area contributed by atoms with E-state index in [9.17, 15) is 13.8 Å². The van der Waals surface area contributed by atoms with Crippen LogP contribution in [0.5, 0.6) is 5.75 Å². The summed E-state index contributed by atoms with van der Waals surface area (Å²) in [6.45, 7) is 0.811. The van der Waals surface area contributed by atoms with E-state index in [4.69, 9.17) is 14.0 Å². The van der Waals surface area contributed by atoms with E-state index in [1.807, 2.05) is 0 Å². The van der Waals surface area contributed by atoms with E-state index in [0.717, 1.165) is 0 Å². The summed E-state index contributed by atoms with van der Waals surface area (Å²) >= 11 is 0. The van der Waals surface area contributed by atoms with Gasteiger partial charge in [0.1, 0.15) is 0 Å². The number of hydrogen-bond acceptors (Lipinski definition) is 6. The zero-order valence-electron chi connectivity index (χ0n) is 13.2. The number of pyridine rings is 1. The first-order chi connectivity index (χ1) is 11.4. The molecular weight excluding hydrogens is 336 g/mol. The highest BCUT2D eigenvalue weighted by Crippen LogP contribution is 2.56. The number of nitrogens with zero attached hydrogens (tertiary/aromatic N) is 1. The van der Waals surface area contributed by atoms with Gasteiger partial charge in [-0.15, -0.1) is 0 Å². The SMILES string of the molecule is COP(C)(=O)C(OC(=O)COc1ccccc1F)c1ccccn1. The molecule has 1 aromatic carbocycles. The van der Waals surface area contributed by atoms with Gasteiger partial charge in [0.2, 0.25) is 13.2 Å². The van der Waals surface area contributed by atoms with Crippen LogP contribution in [0.2, 0.25) is 0 Å². The lowest BCUT2D eigenvalue weighted by Crippen LogP contribution is -2.19. The molecule has 8 heteroatoms. The monoisotopic (exact) mass is 353 g/mol. The van der Waals surface area contributed by atoms with Gasteiger partial charge in [-0.2, -0.15) is 0 Å². The van der Waals surface area contributed by atoms with Crippen molar-refractivity contribution < 1.29 is 27.7 Å². The Bertz CT molecular complexity index is 740. The zero-order chi connectivity index (χ0) is 17.6. The average molecular weight is 353 g/mol. The maximum atomic E-state index is 13.5. The summed E-state index contributed by atoms with van der Waals surface area (Å²) in [7, 11) is -2.04. The van der Waals surface area contributed by atoms with Crippen molar-refractivity contribution in [3.8, 4) is 5.75 Å². The minimum absolute atomic E-state index is 0.0738. The maximum absolute atomic E-state index is 13.5. The number of ether oxygens (including phenoxy) is 2. The summed E-state index contributed by atoms with van der Waals surface area (Å²) in [4.78, 5) is 16.0. The molecule has 2 rings (SSSR count). The van der Waals surface area contributed by atoms with Crippen LogP contribution in [0.4, 0.5) is 4.39 Å². The molecule has 2 unspecified atom stereocenters. The summed E-state index contributed by atoms with van der Waals surface area (Å²) in [5.41, 5.74) is 0.296. The van der Waals surface area contributed by atoms with Crippen molar-refractivity contribution in [2.45, 2.75) is 5.85 Å². The molecule has 0 aliphatic heterocycles. The second-order valence-electron chi connectivity index (χ2n) is 4.91. The van der Waals surface area contributed by atoms with Crippen LogP contribution >= 0.6 is 7.37 Å². The Morgan fingerprint density at radius 3 is 2.58 bits per heavy atom. The van der Waals surface area contributed by atoms with Crippen molar-refractivity contribution in [3.05, 3.63) is 60.2 Å². The molecule has 0 spiro atoms. The van der Waals surface area contributed by atoms with Gasteiger partial charge in [0.25, 0.3) is 0 Å². The number of para-hydroxylation sites is 1. The molecule has 2 atom stereocenters. The fourth-order valence-electron chi connectivity index (χ4n) is 1.87. The van der Waals surface area contributed by atoms with Crippen molar-refractivity contribution in [1.82, 2.24) is 4.98 Å². The molecule has 2 aromatic rings. The summed E-state index contributed by atoms with van der Waals surface area (Å²) in [5.74, 6) is -2.65. The van der Waals surface area contributed by atoms with Crippen molar-refractivity contribution in [2.24, 2.45) is 0 Å². The molecule has 0 aliphatic rings. The van der Waals surface area contributed by atoms with Crippen molar-refractivity contribution >= 4 is 13.3 Å². The van der Waals surface area contributed by atoms with E-state index in [1.54, 1.807) is 24.3 Å². The summed E-state index contributed by atoms with van der Waals surface area (Å²) in [6.07, 6.45) is 1.49. The molecule has 0 bridgehead atoms. The second kappa shape index (κ2) is 8.04. The largest absolute Gasteiger partial charge is 0.479 e. The molecule has 6 nitrogen and oxygen atoms in total. The topological polar surface area (TPSA) is 74.7 Å². The molecule has 128 valence electrons. The molecular formula is C16H17FNO5P. The Hall–Kier alpha value is -2.24. The lowest BCUT2D eigenvalue weighted by atomic mass is 10.3. The molecule has 0 N–H and O–H groups in total. The first-order valence-electron chi connectivity index (χ1n) is 7.04. The Balaban J connectivity index is 2.08. The van der Waals surface area contributed by atoms with Gasteiger partial charge in [0.15, 0.2) is 18.2 Å². The van der Waals surface area contributed by atoms with Crippen LogP contribution in [0, 0.1) is 5.82 Å². The summed E-state index contributed by atoms with van der Waals surface area (Å²) in [6, 6.07) is 10.6. The van der Waals surface area contributed by atoms with Gasteiger partial charge in [0.05, 0.1) is 5.69 Å². The number of aromatic nitrogens is 1. The van der Waals surface area contributed by atoms with E-state index in [2.05, 4.69) is 4.98 Å². The van der Waals surface area contributed by atoms with Crippen LogP contribution < -0.4 is 4.74 Å². The van der Waals surface area contributed by atoms with Crippen LogP contribution in [0.3, 0.4) is 0 Å². The van der Waals surface area contributed by atoms with E-state index in [0.29, 0.717) is 5.69 Å². The number of rotatable bonds is 7. The second-order valence-corrected chi connectivity index (χ2v) is 7.56. The molecule has 1 heterocycles. The molecule has 0 fully saturated rings. The quantitative estimate of drug-likeness (QED) is 0.561. The molecule has 1 aromatic heterocycles. The first kappa shape index (κ1) is 18.1. The van der Waals surface area contributed by atoms with Crippen LogP contribution in [-0.4, -0.2) is 31.3 Å². The minimum Gasteiger partial charge on any atom is -0.479 e. The van der Waals surface area contributed by atoms with Crippen molar-refractivity contribution in [2.75, 3.05) is 20.4 Å². The molecule has 0 saturated carbocycles. The van der Waals surface area contributed by atoms with Crippen LogP contribution in [0.15, 0.2) is 48.7 Å². The third kappa shape index (κ3) is 4.63. The van der Waals surface area contributed by atoms with Gasteiger partial charge in [-0.3, -0.25) is 9.55 Å². The first-order valence-corrected chi connectivity index (χ1v) is 9.19. The highest BCUT2D eigenvalue weighted by molar-refractivity contribution is 7.58. The molecule has 24 heavy (non-hydrogen) atoms. The zero-order valence-corrected chi connectivity index (χ0v) is 14.1. The molecule has 0 radical (unpaired) electrons. The van der Waals surface area contributed by atoms with Gasteiger partial charge in [-0.25, -0.2) is 9.18 Å². The van der Waals surface area contributed by atoms with Crippen molar-refractivity contribution in [3.63, 3.8) is 0 Å². The molecule has 0 aliphatic carbocycles. The standard InChI is InChI=1S/C16H17FNO5P/c1-21-24(2,20)16(13-8-5-6-10-18-13)23-15(19)11-22-14-9-4-3-7-12(14)17/h3-10,16H,11H2,1-2H3. The van der Waals surface area contributed by atoms with Crippen molar-refractivity contribution in [1.29, 1.82) is 0 Å². The highest BCUT2D eigenvalue weighted by Gasteiger charge is 2.34. The van der Waals surface area contributed by atoms with Crippen LogP contribution in [0.1, 0.15) is 11.5 Å². The van der Waals surface area contributed by atoms with Gasteiger partial charge in [0, 0.05) is 20.0 Å². The highest BCUT2D eigenvalue weighted by atomic mass is 31.2. The lowest BCUT2D eigenvalue weighted by Gasteiger charge is -2.22. The summed E-state index contributed by atoms with van der Waals surface area (Å²) < 4.78 is 41.2. The van der Waals surface area contributed by atoms with Crippen LogP contribution in [0.25, 0.3) is 0 Å². The van der Waals surface area contributed by atoms with E-state index in [-0.39, 0.29) is 5.75 Å². The molecule has 0 amide bonds. The van der Waals surface area contributed by atoms with E-state index in [1.165, 1.54) is 38.2 Å². The van der Waals surface area contributed by atoms with Gasteiger partial charge in [-0.1, -0.05) is 18.2 Å². The smallest absolute Gasteiger partial charge is 0.345 e. The third-order valence-corrected chi connectivity index (χ3v) is 5.10. The minimum atomic E-state index is -3.30. The lowest BCUT2D eigenvalue weighted by molar-refractivity contribution is -0.148. The fourth-order valence-corrected chi connectivity index (χ4v) is 3.00. The third-order valence-electron chi connectivity index (χ3n) is 3.15.